The fraction of sp³-hybridized carbons (Fsp3) is 0.500. The molecule has 0 saturated carbocycles. The summed E-state index contributed by atoms with van der Waals surface area (Å²) in [5, 5.41) is 9.66. The highest BCUT2D eigenvalue weighted by Crippen LogP contribution is 2.32. The van der Waals surface area contributed by atoms with E-state index >= 15 is 0 Å². The average Bonchev–Trinajstić information content (AvgIpc) is 3.20. The van der Waals surface area contributed by atoms with Gasteiger partial charge in [-0.15, -0.1) is 0 Å². The maximum absolute atomic E-state index is 13.1. The van der Waals surface area contributed by atoms with Gasteiger partial charge in [-0.2, -0.15) is 5.10 Å². The van der Waals surface area contributed by atoms with Gasteiger partial charge >= 0.3 is 17.9 Å². The molecule has 1 aliphatic rings. The lowest BCUT2D eigenvalue weighted by molar-refractivity contribution is -0.153. The van der Waals surface area contributed by atoms with Crippen LogP contribution in [0.4, 0.5) is 5.82 Å². The number of dihydropyridines is 1. The minimum Gasteiger partial charge on any atom is -0.463 e. The smallest absolute Gasteiger partial charge is 0.337 e. The van der Waals surface area contributed by atoms with Crippen molar-refractivity contribution in [3.05, 3.63) is 34.8 Å². The fourth-order valence-corrected chi connectivity index (χ4v) is 3.41. The molecule has 0 atom stereocenters. The molecule has 2 heterocycles. The van der Waals surface area contributed by atoms with Crippen LogP contribution in [0.25, 0.3) is 0 Å². The number of allylic oxidation sites excluding steroid dienone is 2. The Balaban J connectivity index is 2.26. The average molecular weight is 463 g/mol. The molecular weight excluding hydrogens is 432 g/mol. The maximum atomic E-state index is 13.1. The summed E-state index contributed by atoms with van der Waals surface area (Å²) in [5.41, 5.74) is 0.528. The van der Waals surface area contributed by atoms with Crippen molar-refractivity contribution in [3.8, 4) is 0 Å². The summed E-state index contributed by atoms with van der Waals surface area (Å²) in [6.45, 7) is 9.72. The van der Waals surface area contributed by atoms with Crippen LogP contribution in [0.1, 0.15) is 47.6 Å². The van der Waals surface area contributed by atoms with Crippen molar-refractivity contribution in [3.63, 3.8) is 0 Å². The molecule has 0 aromatic carbocycles. The second kappa shape index (κ2) is 11.3. The number of hydrogen-bond acceptors (Lipinski definition) is 9. The molecule has 180 valence electrons. The highest BCUT2D eigenvalue weighted by Gasteiger charge is 2.42. The van der Waals surface area contributed by atoms with Crippen LogP contribution in [0.15, 0.2) is 34.8 Å². The van der Waals surface area contributed by atoms with E-state index in [1.54, 1.807) is 38.4 Å². The molecule has 0 spiro atoms. The topological polar surface area (TPSA) is 138 Å². The summed E-state index contributed by atoms with van der Waals surface area (Å²) >= 11 is 0. The van der Waals surface area contributed by atoms with Gasteiger partial charge in [-0.3, -0.25) is 9.59 Å². The molecule has 1 amide bonds. The molecule has 2 N–H and O–H groups in total. The summed E-state index contributed by atoms with van der Waals surface area (Å²) in [4.78, 5) is 50.7. The lowest BCUT2D eigenvalue weighted by atomic mass is 9.85. The summed E-state index contributed by atoms with van der Waals surface area (Å²) < 4.78 is 17.0. The molecule has 0 radical (unpaired) electrons. The molecule has 0 bridgehead atoms. The Labute approximate surface area is 192 Å². The summed E-state index contributed by atoms with van der Waals surface area (Å²) in [6, 6.07) is 1.62. The molecule has 0 fully saturated rings. The Bertz CT molecular complexity index is 951. The molecule has 2 rings (SSSR count). The molecule has 0 aliphatic carbocycles. The number of amides is 1. The van der Waals surface area contributed by atoms with Crippen LogP contribution in [-0.2, 0) is 33.4 Å². The van der Waals surface area contributed by atoms with E-state index in [0.717, 1.165) is 0 Å². The van der Waals surface area contributed by atoms with E-state index in [1.165, 1.54) is 6.20 Å². The fourth-order valence-electron chi connectivity index (χ4n) is 3.41. The molecule has 0 saturated heterocycles. The third kappa shape index (κ3) is 5.99. The number of hydrogen-bond donors (Lipinski definition) is 2. The van der Waals surface area contributed by atoms with Crippen molar-refractivity contribution < 1.29 is 33.4 Å². The van der Waals surface area contributed by atoms with Crippen molar-refractivity contribution >= 4 is 29.6 Å². The standard InChI is InChI=1S/C22H30N4O7/c1-7-31-20(28)17-13(5)24-14(6)18(21(29)32-8-2)19(17)22(30)33-11-16(27)25-15-9-10-23-26(15)12(3)4/h9-10,12,19,24H,7-8,11H2,1-6H3,(H,25,27). The lowest BCUT2D eigenvalue weighted by Gasteiger charge is -2.28. The Morgan fingerprint density at radius 2 is 1.58 bits per heavy atom. The number of carbonyl (C=O) groups excluding carboxylic acids is 4. The van der Waals surface area contributed by atoms with Crippen LogP contribution >= 0.6 is 0 Å². The van der Waals surface area contributed by atoms with Gasteiger partial charge in [0.05, 0.1) is 30.6 Å². The zero-order valence-electron chi connectivity index (χ0n) is 19.7. The zero-order valence-corrected chi connectivity index (χ0v) is 19.7. The molecule has 0 unspecified atom stereocenters. The van der Waals surface area contributed by atoms with Gasteiger partial charge in [0.25, 0.3) is 5.91 Å². The summed E-state index contributed by atoms with van der Waals surface area (Å²) in [6.07, 6.45) is 1.54. The van der Waals surface area contributed by atoms with E-state index in [2.05, 4.69) is 15.7 Å². The third-order valence-corrected chi connectivity index (χ3v) is 4.76. The first kappa shape index (κ1) is 25.6. The van der Waals surface area contributed by atoms with Crippen LogP contribution in [0.5, 0.6) is 0 Å². The first-order valence-electron chi connectivity index (χ1n) is 10.6. The van der Waals surface area contributed by atoms with Crippen LogP contribution in [0.3, 0.4) is 0 Å². The molecule has 11 heteroatoms. The van der Waals surface area contributed by atoms with Crippen molar-refractivity contribution in [2.45, 2.75) is 47.6 Å². The van der Waals surface area contributed by atoms with Crippen LogP contribution in [0, 0.1) is 5.92 Å². The molecule has 11 nitrogen and oxygen atoms in total. The Morgan fingerprint density at radius 3 is 2.06 bits per heavy atom. The first-order chi connectivity index (χ1) is 15.6. The second-order valence-electron chi connectivity index (χ2n) is 7.49. The van der Waals surface area contributed by atoms with E-state index in [4.69, 9.17) is 14.2 Å². The predicted molar refractivity (Wildman–Crippen MR) is 117 cm³/mol. The van der Waals surface area contributed by atoms with E-state index in [0.29, 0.717) is 17.2 Å². The number of ether oxygens (including phenoxy) is 3. The Kier molecular flexibility index (Phi) is 8.78. The van der Waals surface area contributed by atoms with Gasteiger partial charge in [0.2, 0.25) is 0 Å². The van der Waals surface area contributed by atoms with Gasteiger partial charge in [-0.05, 0) is 41.5 Å². The molecule has 1 aliphatic heterocycles. The van der Waals surface area contributed by atoms with Gasteiger partial charge in [-0.1, -0.05) is 0 Å². The second-order valence-corrected chi connectivity index (χ2v) is 7.49. The highest BCUT2D eigenvalue weighted by atomic mass is 16.5. The largest absolute Gasteiger partial charge is 0.463 e. The number of esters is 3. The van der Waals surface area contributed by atoms with Gasteiger partial charge < -0.3 is 24.8 Å². The highest BCUT2D eigenvalue weighted by molar-refractivity contribution is 6.06. The lowest BCUT2D eigenvalue weighted by Crippen LogP contribution is -2.39. The van der Waals surface area contributed by atoms with Crippen LogP contribution in [-0.4, -0.2) is 53.4 Å². The molecule has 33 heavy (non-hydrogen) atoms. The van der Waals surface area contributed by atoms with E-state index in [9.17, 15) is 19.2 Å². The maximum Gasteiger partial charge on any atom is 0.337 e. The Morgan fingerprint density at radius 1 is 1.03 bits per heavy atom. The number of anilines is 1. The van der Waals surface area contributed by atoms with Crippen molar-refractivity contribution in [1.82, 2.24) is 15.1 Å². The van der Waals surface area contributed by atoms with Crippen LogP contribution in [0.2, 0.25) is 0 Å². The molecular formula is C22H30N4O7. The minimum atomic E-state index is -1.40. The number of aromatic nitrogens is 2. The van der Waals surface area contributed by atoms with Crippen LogP contribution < -0.4 is 10.6 Å². The SMILES string of the molecule is CCOC(=O)C1=C(C)NC(C)=C(C(=O)OCC)C1C(=O)OCC(=O)Nc1ccnn1C(C)C. The van der Waals surface area contributed by atoms with Gasteiger partial charge in [0.15, 0.2) is 6.61 Å². The normalized spacial score (nSPS) is 14.2. The quantitative estimate of drug-likeness (QED) is 0.416. The summed E-state index contributed by atoms with van der Waals surface area (Å²) in [7, 11) is 0. The van der Waals surface area contributed by atoms with E-state index in [1.807, 2.05) is 13.8 Å². The monoisotopic (exact) mass is 462 g/mol. The van der Waals surface area contributed by atoms with E-state index < -0.39 is 36.3 Å². The molecule has 1 aromatic heterocycles. The van der Waals surface area contributed by atoms with Crippen molar-refractivity contribution in [2.24, 2.45) is 5.92 Å². The first-order valence-corrected chi connectivity index (χ1v) is 10.6. The van der Waals surface area contributed by atoms with Crippen molar-refractivity contribution in [1.29, 1.82) is 0 Å². The van der Waals surface area contributed by atoms with Gasteiger partial charge in [-0.25, -0.2) is 14.3 Å². The van der Waals surface area contributed by atoms with Crippen molar-refractivity contribution in [2.75, 3.05) is 25.1 Å². The number of nitrogens with one attached hydrogen (secondary N) is 2. The third-order valence-electron chi connectivity index (χ3n) is 4.76. The predicted octanol–water partition coefficient (Wildman–Crippen LogP) is 1.84. The van der Waals surface area contributed by atoms with E-state index in [-0.39, 0.29) is 30.4 Å². The Hall–Kier alpha value is -3.63. The minimum absolute atomic E-state index is 0.00749. The van der Waals surface area contributed by atoms with Gasteiger partial charge in [0, 0.05) is 23.5 Å². The summed E-state index contributed by atoms with van der Waals surface area (Å²) in [5.74, 6) is -4.06. The van der Waals surface area contributed by atoms with Gasteiger partial charge in [0.1, 0.15) is 11.7 Å². The number of carbonyl (C=O) groups is 4. The number of nitrogens with zero attached hydrogens (tertiary/aromatic N) is 2. The number of rotatable bonds is 9. The zero-order chi connectivity index (χ0) is 24.7. The molecule has 1 aromatic rings.